The molecule has 0 amide bonds. The molecule has 6 heteroatoms. The zero-order valence-corrected chi connectivity index (χ0v) is 9.23. The van der Waals surface area contributed by atoms with Crippen molar-refractivity contribution in [3.8, 4) is 0 Å². The van der Waals surface area contributed by atoms with E-state index in [4.69, 9.17) is 10.3 Å². The molecular formula is C11H11N3O3. The van der Waals surface area contributed by atoms with Crippen molar-refractivity contribution in [1.82, 2.24) is 10.1 Å². The van der Waals surface area contributed by atoms with Gasteiger partial charge in [-0.15, -0.1) is 0 Å². The van der Waals surface area contributed by atoms with Crippen LogP contribution in [0.5, 0.6) is 0 Å². The first kappa shape index (κ1) is 10.1. The number of aryl methyl sites for hydroxylation is 1. The van der Waals surface area contributed by atoms with Crippen molar-refractivity contribution >= 4 is 22.9 Å². The number of hydrogen-bond acceptors (Lipinski definition) is 5. The molecule has 0 bridgehead atoms. The third-order valence-corrected chi connectivity index (χ3v) is 3.07. The molecule has 1 aliphatic rings. The maximum Gasteiger partial charge on any atom is 0.337 e. The minimum Gasteiger partial charge on any atom is -0.478 e. The number of carbonyl (C=O) groups is 1. The van der Waals surface area contributed by atoms with Gasteiger partial charge in [0.1, 0.15) is 0 Å². The Morgan fingerprint density at radius 1 is 1.53 bits per heavy atom. The number of hydrogen-bond donors (Lipinski definition) is 2. The smallest absolute Gasteiger partial charge is 0.337 e. The van der Waals surface area contributed by atoms with E-state index in [1.165, 1.54) is 0 Å². The second kappa shape index (κ2) is 3.19. The van der Waals surface area contributed by atoms with Crippen LogP contribution in [-0.2, 0) is 0 Å². The van der Waals surface area contributed by atoms with Gasteiger partial charge in [0.2, 0.25) is 0 Å². The molecule has 1 aliphatic carbocycles. The largest absolute Gasteiger partial charge is 0.478 e. The normalized spacial score (nSPS) is 15.4. The molecule has 0 saturated heterocycles. The molecule has 2 heterocycles. The minimum atomic E-state index is -0.973. The van der Waals surface area contributed by atoms with E-state index in [1.54, 1.807) is 6.92 Å². The lowest BCUT2D eigenvalue weighted by molar-refractivity contribution is 0.0694. The van der Waals surface area contributed by atoms with Gasteiger partial charge >= 0.3 is 5.97 Å². The van der Waals surface area contributed by atoms with Gasteiger partial charge < -0.3 is 15.4 Å². The molecule has 0 aliphatic heterocycles. The third kappa shape index (κ3) is 1.37. The number of fused-ring (bicyclic) bond motifs is 1. The average molecular weight is 233 g/mol. The van der Waals surface area contributed by atoms with Gasteiger partial charge in [0.25, 0.3) is 5.71 Å². The van der Waals surface area contributed by atoms with Crippen LogP contribution in [0.2, 0.25) is 0 Å². The Kier molecular flexibility index (Phi) is 1.89. The van der Waals surface area contributed by atoms with Crippen molar-refractivity contribution in [3.05, 3.63) is 16.8 Å². The van der Waals surface area contributed by atoms with E-state index < -0.39 is 5.97 Å². The number of nitrogens with zero attached hydrogens (tertiary/aromatic N) is 2. The van der Waals surface area contributed by atoms with Crippen LogP contribution >= 0.6 is 0 Å². The second-order valence-corrected chi connectivity index (χ2v) is 4.31. The Bertz CT molecular complexity index is 628. The zero-order chi connectivity index (χ0) is 12.2. The van der Waals surface area contributed by atoms with Crippen molar-refractivity contribution in [2.75, 3.05) is 5.73 Å². The summed E-state index contributed by atoms with van der Waals surface area (Å²) in [5.41, 5.74) is 7.48. The zero-order valence-electron chi connectivity index (χ0n) is 9.23. The number of carboxylic acid groups (broad SMARTS) is 1. The highest BCUT2D eigenvalue weighted by molar-refractivity contribution is 6.00. The highest BCUT2D eigenvalue weighted by Gasteiger charge is 2.34. The topological polar surface area (TPSA) is 102 Å². The summed E-state index contributed by atoms with van der Waals surface area (Å²) in [5.74, 6) is -0.511. The van der Waals surface area contributed by atoms with Gasteiger partial charge in [0.05, 0.1) is 16.6 Å². The second-order valence-electron chi connectivity index (χ2n) is 4.31. The quantitative estimate of drug-likeness (QED) is 0.818. The van der Waals surface area contributed by atoms with Crippen molar-refractivity contribution in [2.24, 2.45) is 0 Å². The average Bonchev–Trinajstić information content (AvgIpc) is 3.02. The summed E-state index contributed by atoms with van der Waals surface area (Å²) in [6, 6.07) is 0. The number of carboxylic acids is 1. The van der Waals surface area contributed by atoms with E-state index in [2.05, 4.69) is 10.1 Å². The lowest BCUT2D eigenvalue weighted by Gasteiger charge is -2.08. The summed E-state index contributed by atoms with van der Waals surface area (Å²) < 4.78 is 5.00. The van der Waals surface area contributed by atoms with E-state index in [0.717, 1.165) is 18.4 Å². The maximum absolute atomic E-state index is 11.3. The lowest BCUT2D eigenvalue weighted by Crippen LogP contribution is -2.07. The van der Waals surface area contributed by atoms with E-state index in [0.29, 0.717) is 16.8 Å². The fraction of sp³-hybridized carbons (Fsp3) is 0.364. The third-order valence-electron chi connectivity index (χ3n) is 3.07. The van der Waals surface area contributed by atoms with Crippen LogP contribution in [0.3, 0.4) is 0 Å². The first-order chi connectivity index (χ1) is 8.09. The monoisotopic (exact) mass is 233 g/mol. The standard InChI is InChI=1S/C11H11N3O3/c1-4-6(11(15)16)7(5-2-3-5)8-9(12)14-17-10(8)13-4/h5H,2-3H2,1H3,(H2,12,14)(H,15,16). The first-order valence-electron chi connectivity index (χ1n) is 5.38. The predicted octanol–water partition coefficient (Wildman–Crippen LogP) is 1.69. The molecule has 3 rings (SSSR count). The molecule has 0 aromatic carbocycles. The molecule has 0 atom stereocenters. The number of pyridine rings is 1. The maximum atomic E-state index is 11.3. The summed E-state index contributed by atoms with van der Waals surface area (Å²) in [5, 5.41) is 13.5. The lowest BCUT2D eigenvalue weighted by atomic mass is 9.99. The van der Waals surface area contributed by atoms with Crippen LogP contribution in [0.15, 0.2) is 4.52 Å². The summed E-state index contributed by atoms with van der Waals surface area (Å²) in [4.78, 5) is 15.4. The van der Waals surface area contributed by atoms with Crippen LogP contribution < -0.4 is 5.73 Å². The van der Waals surface area contributed by atoms with Crippen molar-refractivity contribution in [1.29, 1.82) is 0 Å². The molecule has 1 saturated carbocycles. The van der Waals surface area contributed by atoms with Crippen molar-refractivity contribution < 1.29 is 14.4 Å². The Morgan fingerprint density at radius 3 is 2.82 bits per heavy atom. The number of nitrogens with two attached hydrogens (primary N) is 1. The van der Waals surface area contributed by atoms with Gasteiger partial charge in [-0.1, -0.05) is 5.16 Å². The number of rotatable bonds is 2. The van der Waals surface area contributed by atoms with Gasteiger partial charge in [-0.2, -0.15) is 0 Å². The Hall–Kier alpha value is -2.11. The Morgan fingerprint density at radius 2 is 2.24 bits per heavy atom. The molecule has 1 fully saturated rings. The summed E-state index contributed by atoms with van der Waals surface area (Å²) >= 11 is 0. The fourth-order valence-corrected chi connectivity index (χ4v) is 2.20. The van der Waals surface area contributed by atoms with Gasteiger partial charge in [0, 0.05) is 0 Å². The van der Waals surface area contributed by atoms with Crippen LogP contribution in [0.1, 0.15) is 40.4 Å². The number of aromatic nitrogens is 2. The minimum absolute atomic E-state index is 0.219. The molecule has 17 heavy (non-hydrogen) atoms. The predicted molar refractivity (Wildman–Crippen MR) is 59.9 cm³/mol. The molecule has 0 radical (unpaired) electrons. The van der Waals surface area contributed by atoms with E-state index in [9.17, 15) is 9.90 Å². The van der Waals surface area contributed by atoms with Crippen LogP contribution in [0.25, 0.3) is 11.1 Å². The van der Waals surface area contributed by atoms with Crippen molar-refractivity contribution in [2.45, 2.75) is 25.7 Å². The molecule has 88 valence electrons. The number of aromatic carboxylic acids is 1. The number of nitrogen functional groups attached to an aromatic ring is 1. The Labute approximate surface area is 96.4 Å². The molecule has 3 N–H and O–H groups in total. The first-order valence-corrected chi connectivity index (χ1v) is 5.38. The Balaban J connectivity index is 2.44. The molecule has 0 spiro atoms. The molecule has 0 unspecified atom stereocenters. The summed E-state index contributed by atoms with van der Waals surface area (Å²) in [6.45, 7) is 1.66. The fourth-order valence-electron chi connectivity index (χ4n) is 2.20. The van der Waals surface area contributed by atoms with Gasteiger partial charge in [-0.3, -0.25) is 0 Å². The number of anilines is 1. The molecule has 6 nitrogen and oxygen atoms in total. The SMILES string of the molecule is Cc1nc2onc(N)c2c(C2CC2)c1C(=O)O. The van der Waals surface area contributed by atoms with Crippen LogP contribution in [-0.4, -0.2) is 21.2 Å². The van der Waals surface area contributed by atoms with Crippen molar-refractivity contribution in [3.63, 3.8) is 0 Å². The van der Waals surface area contributed by atoms with Crippen LogP contribution in [0.4, 0.5) is 5.82 Å². The summed E-state index contributed by atoms with van der Waals surface area (Å²) in [6.07, 6.45) is 1.95. The molecule has 2 aromatic heterocycles. The van der Waals surface area contributed by atoms with E-state index in [1.807, 2.05) is 0 Å². The van der Waals surface area contributed by atoms with E-state index in [-0.39, 0.29) is 17.3 Å². The highest BCUT2D eigenvalue weighted by atomic mass is 16.5. The van der Waals surface area contributed by atoms with Crippen LogP contribution in [0, 0.1) is 6.92 Å². The van der Waals surface area contributed by atoms with Gasteiger partial charge in [-0.25, -0.2) is 9.78 Å². The summed E-state index contributed by atoms with van der Waals surface area (Å²) in [7, 11) is 0. The van der Waals surface area contributed by atoms with Gasteiger partial charge in [-0.05, 0) is 31.2 Å². The highest BCUT2D eigenvalue weighted by Crippen LogP contribution is 2.46. The van der Waals surface area contributed by atoms with E-state index >= 15 is 0 Å². The molecule has 2 aromatic rings. The molecular weight excluding hydrogens is 222 g/mol. The van der Waals surface area contributed by atoms with Gasteiger partial charge in [0.15, 0.2) is 5.82 Å².